The Kier molecular flexibility index (Phi) is 4.83. The molecule has 0 spiro atoms. The minimum absolute atomic E-state index is 0.159. The van der Waals surface area contributed by atoms with Crippen LogP contribution in [-0.2, 0) is 9.84 Å². The predicted octanol–water partition coefficient (Wildman–Crippen LogP) is 1.88. The molecule has 0 fully saturated rings. The Balaban J connectivity index is 2.67. The highest BCUT2D eigenvalue weighted by Gasteiger charge is 2.08. The minimum atomic E-state index is -2.91. The predicted molar refractivity (Wildman–Crippen MR) is 67.5 cm³/mol. The van der Waals surface area contributed by atoms with Crippen molar-refractivity contribution in [3.8, 4) is 0 Å². The number of aliphatic hydroxyl groups excluding tert-OH is 1. The standard InChI is InChI=1S/C11H16O3S2/c1-9(12)10-5-3-4-6-11(10)15-7-8-16(2,13)14/h3-6,9,12H,7-8H2,1-2H3/t9-/m1/s1. The first-order valence-electron chi connectivity index (χ1n) is 4.97. The second-order valence-corrected chi connectivity index (χ2v) is 7.09. The summed E-state index contributed by atoms with van der Waals surface area (Å²) in [6.45, 7) is 1.70. The third-order valence-electron chi connectivity index (χ3n) is 2.08. The van der Waals surface area contributed by atoms with E-state index in [2.05, 4.69) is 0 Å². The summed E-state index contributed by atoms with van der Waals surface area (Å²) < 4.78 is 22.0. The van der Waals surface area contributed by atoms with Crippen molar-refractivity contribution in [2.75, 3.05) is 17.8 Å². The lowest BCUT2D eigenvalue weighted by molar-refractivity contribution is 0.196. The molecule has 1 aromatic rings. The zero-order valence-corrected chi connectivity index (χ0v) is 11.0. The molecule has 0 radical (unpaired) electrons. The highest BCUT2D eigenvalue weighted by molar-refractivity contribution is 8.00. The maximum atomic E-state index is 11.0. The van der Waals surface area contributed by atoms with Gasteiger partial charge in [0.15, 0.2) is 0 Å². The fraction of sp³-hybridized carbons (Fsp3) is 0.455. The first-order chi connectivity index (χ1) is 7.40. The van der Waals surface area contributed by atoms with Crippen molar-refractivity contribution in [1.29, 1.82) is 0 Å². The van der Waals surface area contributed by atoms with Gasteiger partial charge >= 0.3 is 0 Å². The average Bonchev–Trinajstić information content (AvgIpc) is 2.16. The molecular weight excluding hydrogens is 244 g/mol. The molecule has 1 aromatic carbocycles. The van der Waals surface area contributed by atoms with Crippen molar-refractivity contribution in [3.05, 3.63) is 29.8 Å². The largest absolute Gasteiger partial charge is 0.389 e. The molecule has 0 unspecified atom stereocenters. The monoisotopic (exact) mass is 260 g/mol. The van der Waals surface area contributed by atoms with E-state index >= 15 is 0 Å². The molecule has 3 nitrogen and oxygen atoms in total. The van der Waals surface area contributed by atoms with E-state index in [0.717, 1.165) is 10.5 Å². The lowest BCUT2D eigenvalue weighted by atomic mass is 10.1. The average molecular weight is 260 g/mol. The lowest BCUT2D eigenvalue weighted by Gasteiger charge is -2.10. The van der Waals surface area contributed by atoms with Crippen LogP contribution in [0, 0.1) is 0 Å². The van der Waals surface area contributed by atoms with Gasteiger partial charge in [-0.15, -0.1) is 11.8 Å². The van der Waals surface area contributed by atoms with Gasteiger partial charge in [-0.1, -0.05) is 18.2 Å². The van der Waals surface area contributed by atoms with E-state index in [0.29, 0.717) is 5.75 Å². The zero-order valence-electron chi connectivity index (χ0n) is 9.38. The number of sulfone groups is 1. The molecule has 1 rings (SSSR count). The topological polar surface area (TPSA) is 54.4 Å². The highest BCUT2D eigenvalue weighted by atomic mass is 32.2. The van der Waals surface area contributed by atoms with Gasteiger partial charge < -0.3 is 5.11 Å². The molecule has 0 heterocycles. The van der Waals surface area contributed by atoms with E-state index < -0.39 is 15.9 Å². The molecule has 16 heavy (non-hydrogen) atoms. The van der Waals surface area contributed by atoms with Crippen molar-refractivity contribution in [2.45, 2.75) is 17.9 Å². The summed E-state index contributed by atoms with van der Waals surface area (Å²) >= 11 is 1.46. The molecule has 0 aliphatic heterocycles. The van der Waals surface area contributed by atoms with Crippen LogP contribution in [0.15, 0.2) is 29.2 Å². The Hall–Kier alpha value is -0.520. The molecule has 1 atom stereocenters. The van der Waals surface area contributed by atoms with Crippen molar-refractivity contribution in [3.63, 3.8) is 0 Å². The van der Waals surface area contributed by atoms with Crippen LogP contribution >= 0.6 is 11.8 Å². The fourth-order valence-electron chi connectivity index (χ4n) is 1.26. The van der Waals surface area contributed by atoms with Gasteiger partial charge in [-0.2, -0.15) is 0 Å². The van der Waals surface area contributed by atoms with Gasteiger partial charge in [0.2, 0.25) is 0 Å². The van der Waals surface area contributed by atoms with Crippen LogP contribution in [0.5, 0.6) is 0 Å². The Labute approximate surface area is 101 Å². The van der Waals surface area contributed by atoms with Gasteiger partial charge in [0, 0.05) is 16.9 Å². The summed E-state index contributed by atoms with van der Waals surface area (Å²) in [7, 11) is -2.91. The minimum Gasteiger partial charge on any atom is -0.389 e. The lowest BCUT2D eigenvalue weighted by Crippen LogP contribution is -2.05. The van der Waals surface area contributed by atoms with Crippen LogP contribution in [0.1, 0.15) is 18.6 Å². The second-order valence-electron chi connectivity index (χ2n) is 3.69. The quantitative estimate of drug-likeness (QED) is 0.821. The molecule has 0 amide bonds. The summed E-state index contributed by atoms with van der Waals surface area (Å²) in [5, 5.41) is 9.53. The third kappa shape index (κ3) is 4.55. The van der Waals surface area contributed by atoms with Gasteiger partial charge in [0.05, 0.1) is 11.9 Å². The maximum absolute atomic E-state index is 11.0. The van der Waals surface area contributed by atoms with Gasteiger partial charge in [-0.3, -0.25) is 0 Å². The zero-order chi connectivity index (χ0) is 12.2. The maximum Gasteiger partial charge on any atom is 0.148 e. The van der Waals surface area contributed by atoms with Crippen molar-refractivity contribution >= 4 is 21.6 Å². The molecular formula is C11H16O3S2. The second kappa shape index (κ2) is 5.70. The van der Waals surface area contributed by atoms with E-state index in [1.54, 1.807) is 6.92 Å². The normalized spacial score (nSPS) is 13.7. The number of hydrogen-bond acceptors (Lipinski definition) is 4. The van der Waals surface area contributed by atoms with Crippen molar-refractivity contribution in [2.24, 2.45) is 0 Å². The van der Waals surface area contributed by atoms with E-state index in [1.807, 2.05) is 24.3 Å². The van der Waals surface area contributed by atoms with Crippen LogP contribution in [0.2, 0.25) is 0 Å². The molecule has 90 valence electrons. The van der Waals surface area contributed by atoms with Crippen molar-refractivity contribution in [1.82, 2.24) is 0 Å². The fourth-order valence-corrected chi connectivity index (χ4v) is 3.60. The van der Waals surface area contributed by atoms with E-state index in [9.17, 15) is 13.5 Å². The number of benzene rings is 1. The van der Waals surface area contributed by atoms with Crippen molar-refractivity contribution < 1.29 is 13.5 Å². The Morgan fingerprint density at radius 3 is 2.56 bits per heavy atom. The first-order valence-corrected chi connectivity index (χ1v) is 8.02. The molecule has 0 aliphatic rings. The molecule has 0 aliphatic carbocycles. The summed E-state index contributed by atoms with van der Waals surface area (Å²) in [4.78, 5) is 0.946. The number of hydrogen-bond donors (Lipinski definition) is 1. The molecule has 0 saturated heterocycles. The summed E-state index contributed by atoms with van der Waals surface area (Å²) in [5.74, 6) is 0.675. The van der Waals surface area contributed by atoms with Gasteiger partial charge in [-0.25, -0.2) is 8.42 Å². The van der Waals surface area contributed by atoms with Crippen LogP contribution in [0.25, 0.3) is 0 Å². The van der Waals surface area contributed by atoms with E-state index in [-0.39, 0.29) is 5.75 Å². The Morgan fingerprint density at radius 2 is 2.00 bits per heavy atom. The molecule has 0 bridgehead atoms. The molecule has 0 saturated carbocycles. The molecule has 1 N–H and O–H groups in total. The van der Waals surface area contributed by atoms with Gasteiger partial charge in [-0.05, 0) is 18.6 Å². The summed E-state index contributed by atoms with van der Waals surface area (Å²) in [5.41, 5.74) is 0.848. The number of aliphatic hydroxyl groups is 1. The number of rotatable bonds is 5. The SMILES string of the molecule is C[C@@H](O)c1ccccc1SCCS(C)(=O)=O. The van der Waals surface area contributed by atoms with Gasteiger partial charge in [0.1, 0.15) is 9.84 Å². The third-order valence-corrected chi connectivity index (χ3v) is 4.38. The molecule has 0 aromatic heterocycles. The highest BCUT2D eigenvalue weighted by Crippen LogP contribution is 2.27. The van der Waals surface area contributed by atoms with E-state index in [4.69, 9.17) is 0 Å². The van der Waals surface area contributed by atoms with Crippen LogP contribution in [-0.4, -0.2) is 31.3 Å². The van der Waals surface area contributed by atoms with E-state index in [1.165, 1.54) is 18.0 Å². The summed E-state index contributed by atoms with van der Waals surface area (Å²) in [6.07, 6.45) is 0.704. The Bertz CT molecular complexity index is 438. The van der Waals surface area contributed by atoms with Crippen LogP contribution in [0.4, 0.5) is 0 Å². The first kappa shape index (κ1) is 13.5. The smallest absolute Gasteiger partial charge is 0.148 e. The Morgan fingerprint density at radius 1 is 1.38 bits per heavy atom. The summed E-state index contributed by atoms with van der Waals surface area (Å²) in [6, 6.07) is 7.50. The molecule has 5 heteroatoms. The number of thioether (sulfide) groups is 1. The van der Waals surface area contributed by atoms with Crippen LogP contribution in [0.3, 0.4) is 0 Å². The van der Waals surface area contributed by atoms with Gasteiger partial charge in [0.25, 0.3) is 0 Å². The van der Waals surface area contributed by atoms with Crippen LogP contribution < -0.4 is 0 Å².